The molecule has 0 radical (unpaired) electrons. The van der Waals surface area contributed by atoms with Gasteiger partial charge >= 0.3 is 0 Å². The lowest BCUT2D eigenvalue weighted by molar-refractivity contribution is -0.126. The molecule has 0 saturated carbocycles. The van der Waals surface area contributed by atoms with E-state index in [0.717, 1.165) is 25.2 Å². The third kappa shape index (κ3) is 5.65. The zero-order chi connectivity index (χ0) is 16.7. The minimum Gasteiger partial charge on any atom is -0.347 e. The average molecular weight is 351 g/mol. The van der Waals surface area contributed by atoms with Crippen molar-refractivity contribution in [1.29, 1.82) is 0 Å². The van der Waals surface area contributed by atoms with Gasteiger partial charge in [0, 0.05) is 18.9 Å². The Morgan fingerprint density at radius 1 is 1.33 bits per heavy atom. The first-order chi connectivity index (χ1) is 11.0. The predicted molar refractivity (Wildman–Crippen MR) is 99.0 cm³/mol. The lowest BCUT2D eigenvalue weighted by Gasteiger charge is -2.22. The molecular formula is C18H27ClN4O. The summed E-state index contributed by atoms with van der Waals surface area (Å²) in [7, 11) is 0. The van der Waals surface area contributed by atoms with Crippen molar-refractivity contribution in [2.45, 2.75) is 51.7 Å². The van der Waals surface area contributed by atoms with E-state index in [9.17, 15) is 4.79 Å². The van der Waals surface area contributed by atoms with Gasteiger partial charge < -0.3 is 15.6 Å². The fourth-order valence-electron chi connectivity index (χ4n) is 2.60. The highest BCUT2D eigenvalue weighted by Gasteiger charge is 2.26. The monoisotopic (exact) mass is 350 g/mol. The number of nitrogens with two attached hydrogens (primary N) is 1. The summed E-state index contributed by atoms with van der Waals surface area (Å²) in [5.41, 5.74) is 6.51. The van der Waals surface area contributed by atoms with Crippen molar-refractivity contribution in [3.63, 3.8) is 0 Å². The van der Waals surface area contributed by atoms with Crippen LogP contribution < -0.4 is 11.1 Å². The number of amides is 1. The first-order valence-electron chi connectivity index (χ1n) is 8.14. The standard InChI is InChI=1S/C18H26N4O.ClH/c1-3-10-18(2,19)17(23)21-14-16-20-11-13-22(16)12-9-15-7-5-4-6-8-15;/h4-8,11,13H,3,9-10,12,14,19H2,1-2H3,(H,21,23);1H. The van der Waals surface area contributed by atoms with E-state index >= 15 is 0 Å². The van der Waals surface area contributed by atoms with Gasteiger partial charge in [-0.2, -0.15) is 0 Å². The predicted octanol–water partition coefficient (Wildman–Crippen LogP) is 2.68. The number of nitrogens with zero attached hydrogens (tertiary/aromatic N) is 2. The number of aromatic nitrogens is 2. The normalized spacial score (nSPS) is 13.0. The highest BCUT2D eigenvalue weighted by Crippen LogP contribution is 2.09. The Hall–Kier alpha value is -1.85. The zero-order valence-electron chi connectivity index (χ0n) is 14.4. The molecule has 1 heterocycles. The number of carbonyl (C=O) groups is 1. The maximum atomic E-state index is 12.2. The van der Waals surface area contributed by atoms with Crippen molar-refractivity contribution in [3.8, 4) is 0 Å². The van der Waals surface area contributed by atoms with Gasteiger partial charge in [-0.3, -0.25) is 4.79 Å². The molecule has 2 rings (SSSR count). The van der Waals surface area contributed by atoms with Gasteiger partial charge in [0.1, 0.15) is 5.82 Å². The van der Waals surface area contributed by atoms with E-state index in [1.54, 1.807) is 13.1 Å². The summed E-state index contributed by atoms with van der Waals surface area (Å²) in [5.74, 6) is 0.721. The number of carbonyl (C=O) groups excluding carboxylic acids is 1. The first kappa shape index (κ1) is 20.2. The van der Waals surface area contributed by atoms with E-state index in [4.69, 9.17) is 5.73 Å². The van der Waals surface area contributed by atoms with Gasteiger partial charge in [-0.25, -0.2) is 4.98 Å². The van der Waals surface area contributed by atoms with Crippen molar-refractivity contribution < 1.29 is 4.79 Å². The molecule has 1 aromatic heterocycles. The van der Waals surface area contributed by atoms with Gasteiger partial charge in [0.25, 0.3) is 0 Å². The van der Waals surface area contributed by atoms with Crippen molar-refractivity contribution in [2.24, 2.45) is 5.73 Å². The van der Waals surface area contributed by atoms with Crippen molar-refractivity contribution >= 4 is 18.3 Å². The molecule has 0 saturated heterocycles. The second-order valence-electron chi connectivity index (χ2n) is 6.12. The molecule has 2 aromatic rings. The zero-order valence-corrected chi connectivity index (χ0v) is 15.2. The highest BCUT2D eigenvalue weighted by atomic mass is 35.5. The first-order valence-corrected chi connectivity index (χ1v) is 8.14. The van der Waals surface area contributed by atoms with E-state index < -0.39 is 5.54 Å². The number of hydrogen-bond donors (Lipinski definition) is 2. The van der Waals surface area contributed by atoms with E-state index in [2.05, 4.69) is 27.0 Å². The lowest BCUT2D eigenvalue weighted by Crippen LogP contribution is -2.51. The van der Waals surface area contributed by atoms with Crippen LogP contribution in [0.5, 0.6) is 0 Å². The van der Waals surface area contributed by atoms with Crippen LogP contribution in [0.2, 0.25) is 0 Å². The topological polar surface area (TPSA) is 72.9 Å². The molecule has 1 amide bonds. The SMILES string of the molecule is CCCC(C)(N)C(=O)NCc1nccn1CCc1ccccc1.Cl. The van der Waals surface area contributed by atoms with Gasteiger partial charge in [0.05, 0.1) is 12.1 Å². The van der Waals surface area contributed by atoms with Crippen LogP contribution in [0.3, 0.4) is 0 Å². The van der Waals surface area contributed by atoms with Gasteiger partial charge in [0.15, 0.2) is 0 Å². The molecule has 0 fully saturated rings. The van der Waals surface area contributed by atoms with Crippen LogP contribution in [0.1, 0.15) is 38.1 Å². The molecule has 0 bridgehead atoms. The Bertz CT molecular complexity index is 625. The third-order valence-corrected chi connectivity index (χ3v) is 3.98. The largest absolute Gasteiger partial charge is 0.347 e. The summed E-state index contributed by atoms with van der Waals surface area (Å²) in [4.78, 5) is 16.5. The van der Waals surface area contributed by atoms with Crippen molar-refractivity contribution in [3.05, 3.63) is 54.1 Å². The smallest absolute Gasteiger partial charge is 0.240 e. The number of nitrogens with one attached hydrogen (secondary N) is 1. The summed E-state index contributed by atoms with van der Waals surface area (Å²) >= 11 is 0. The maximum absolute atomic E-state index is 12.2. The fraction of sp³-hybridized carbons (Fsp3) is 0.444. The maximum Gasteiger partial charge on any atom is 0.240 e. The molecule has 0 aliphatic carbocycles. The Morgan fingerprint density at radius 2 is 2.04 bits per heavy atom. The number of halogens is 1. The minimum absolute atomic E-state index is 0. The third-order valence-electron chi connectivity index (χ3n) is 3.98. The van der Waals surface area contributed by atoms with E-state index in [-0.39, 0.29) is 18.3 Å². The van der Waals surface area contributed by atoms with Crippen molar-refractivity contribution in [1.82, 2.24) is 14.9 Å². The molecule has 6 heteroatoms. The molecular weight excluding hydrogens is 324 g/mol. The molecule has 0 spiro atoms. The Balaban J connectivity index is 0.00000288. The minimum atomic E-state index is -0.823. The molecule has 0 aliphatic rings. The summed E-state index contributed by atoms with van der Waals surface area (Å²) in [5, 5.41) is 2.90. The van der Waals surface area contributed by atoms with E-state index in [1.165, 1.54) is 5.56 Å². The van der Waals surface area contributed by atoms with Crippen LogP contribution in [0.25, 0.3) is 0 Å². The number of hydrogen-bond acceptors (Lipinski definition) is 3. The molecule has 1 atom stereocenters. The van der Waals surface area contributed by atoms with E-state index in [1.807, 2.05) is 31.3 Å². The van der Waals surface area contributed by atoms with Gasteiger partial charge in [-0.1, -0.05) is 43.7 Å². The van der Waals surface area contributed by atoms with Gasteiger partial charge in [0.2, 0.25) is 5.91 Å². The quantitative estimate of drug-likeness (QED) is 0.768. The van der Waals surface area contributed by atoms with Crippen LogP contribution in [0, 0.1) is 0 Å². The van der Waals surface area contributed by atoms with Crippen molar-refractivity contribution in [2.75, 3.05) is 0 Å². The molecule has 1 unspecified atom stereocenters. The number of rotatable bonds is 8. The van der Waals surface area contributed by atoms with E-state index in [0.29, 0.717) is 13.0 Å². The Kier molecular flexibility index (Phi) is 7.95. The average Bonchev–Trinajstić information content (AvgIpc) is 2.99. The highest BCUT2D eigenvalue weighted by molar-refractivity contribution is 5.85. The van der Waals surface area contributed by atoms with Crippen LogP contribution in [-0.2, 0) is 24.3 Å². The van der Waals surface area contributed by atoms with Crippen LogP contribution in [0.4, 0.5) is 0 Å². The fourth-order valence-corrected chi connectivity index (χ4v) is 2.60. The van der Waals surface area contributed by atoms with Crippen LogP contribution in [-0.4, -0.2) is 21.0 Å². The molecule has 24 heavy (non-hydrogen) atoms. The molecule has 0 aliphatic heterocycles. The van der Waals surface area contributed by atoms with Crippen LogP contribution >= 0.6 is 12.4 Å². The number of benzene rings is 1. The molecule has 3 N–H and O–H groups in total. The second-order valence-corrected chi connectivity index (χ2v) is 6.12. The molecule has 132 valence electrons. The summed E-state index contributed by atoms with van der Waals surface area (Å²) < 4.78 is 2.07. The van der Waals surface area contributed by atoms with Gasteiger partial charge in [-0.15, -0.1) is 12.4 Å². The number of imidazole rings is 1. The Morgan fingerprint density at radius 3 is 2.71 bits per heavy atom. The lowest BCUT2D eigenvalue weighted by atomic mass is 9.96. The Labute approximate surface area is 150 Å². The van der Waals surface area contributed by atoms with Crippen LogP contribution in [0.15, 0.2) is 42.7 Å². The van der Waals surface area contributed by atoms with Gasteiger partial charge in [-0.05, 0) is 25.3 Å². The number of aryl methyl sites for hydroxylation is 2. The summed E-state index contributed by atoms with van der Waals surface area (Å²) in [6.07, 6.45) is 6.19. The molecule has 1 aromatic carbocycles. The second kappa shape index (κ2) is 9.45. The molecule has 5 nitrogen and oxygen atoms in total. The summed E-state index contributed by atoms with van der Waals surface area (Å²) in [6.45, 7) is 5.03. The summed E-state index contributed by atoms with van der Waals surface area (Å²) in [6, 6.07) is 10.3.